The molecule has 1 aliphatic rings. The van der Waals surface area contributed by atoms with Gasteiger partial charge in [0, 0.05) is 17.6 Å². The van der Waals surface area contributed by atoms with Crippen LogP contribution in [0.25, 0.3) is 10.4 Å². The molecule has 0 bridgehead atoms. The van der Waals surface area contributed by atoms with E-state index in [9.17, 15) is 0 Å². The highest BCUT2D eigenvalue weighted by Crippen LogP contribution is 2.38. The van der Waals surface area contributed by atoms with E-state index in [-0.39, 0.29) is 11.1 Å². The average molecular weight is 380 g/mol. The average Bonchev–Trinajstić information content (AvgIpc) is 3.11. The van der Waals surface area contributed by atoms with Crippen LogP contribution < -0.4 is 10.4 Å². The van der Waals surface area contributed by atoms with Crippen LogP contribution in [0.4, 0.5) is 0 Å². The molecule has 0 saturated heterocycles. The number of benzene rings is 2. The summed E-state index contributed by atoms with van der Waals surface area (Å²) in [4.78, 5) is 2.99. The Hall–Kier alpha value is -2.07. The van der Waals surface area contributed by atoms with E-state index in [0.29, 0.717) is 5.92 Å². The molecule has 1 aliphatic carbocycles. The molecule has 1 unspecified atom stereocenters. The first-order valence-corrected chi connectivity index (χ1v) is 11.7. The number of hydrogen-bond donors (Lipinski definition) is 0. The molecule has 142 valence electrons. The summed E-state index contributed by atoms with van der Waals surface area (Å²) < 4.78 is 6.98. The van der Waals surface area contributed by atoms with Gasteiger partial charge in [-0.05, 0) is 46.1 Å². The van der Waals surface area contributed by atoms with Crippen LogP contribution in [-0.4, -0.2) is 21.0 Å². The lowest BCUT2D eigenvalue weighted by Crippen LogP contribution is -2.66. The van der Waals surface area contributed by atoms with E-state index in [1.807, 2.05) is 0 Å². The summed E-state index contributed by atoms with van der Waals surface area (Å²) in [6.45, 7) is 7.63. The Labute approximate surface area is 163 Å². The molecule has 0 radical (unpaired) electrons. The molecule has 1 fully saturated rings. The van der Waals surface area contributed by atoms with Crippen LogP contribution in [0.2, 0.25) is 5.04 Å². The minimum Gasteiger partial charge on any atom is -0.407 e. The number of azide groups is 1. The topological polar surface area (TPSA) is 58.0 Å². The quantitative estimate of drug-likeness (QED) is 0.300. The zero-order valence-corrected chi connectivity index (χ0v) is 17.5. The van der Waals surface area contributed by atoms with E-state index in [4.69, 9.17) is 9.96 Å². The molecule has 27 heavy (non-hydrogen) atoms. The molecule has 5 heteroatoms. The van der Waals surface area contributed by atoms with Gasteiger partial charge in [0.05, 0.1) is 0 Å². The van der Waals surface area contributed by atoms with E-state index >= 15 is 0 Å². The monoisotopic (exact) mass is 379 g/mol. The van der Waals surface area contributed by atoms with E-state index in [1.54, 1.807) is 0 Å². The van der Waals surface area contributed by atoms with E-state index in [1.165, 1.54) is 10.4 Å². The summed E-state index contributed by atoms with van der Waals surface area (Å²) in [5.41, 5.74) is 8.71. The molecule has 0 spiro atoms. The van der Waals surface area contributed by atoms with Crippen LogP contribution in [0.15, 0.2) is 65.8 Å². The standard InChI is InChI=1S/C22H29N3OSi/c1-22(2,3)27(20-10-6-4-7-11-20,21-12-8-5-9-13-21)26-17-18-14-15-19(16-18)24-25-23/h4-13,18-19H,14-17H2,1-3H3/t18-,19?/m1/s1. The van der Waals surface area contributed by atoms with Gasteiger partial charge in [0.1, 0.15) is 0 Å². The van der Waals surface area contributed by atoms with E-state index in [2.05, 4.69) is 91.5 Å². The molecule has 0 aromatic heterocycles. The van der Waals surface area contributed by atoms with Crippen molar-refractivity contribution in [3.05, 3.63) is 71.1 Å². The second-order valence-corrected chi connectivity index (χ2v) is 12.8. The van der Waals surface area contributed by atoms with Crippen molar-refractivity contribution in [1.82, 2.24) is 0 Å². The maximum absolute atomic E-state index is 8.71. The molecule has 3 rings (SSSR count). The van der Waals surface area contributed by atoms with Gasteiger partial charge < -0.3 is 4.43 Å². The molecular weight excluding hydrogens is 350 g/mol. The Morgan fingerprint density at radius 3 is 2.04 bits per heavy atom. The van der Waals surface area contributed by atoms with Crippen LogP contribution in [0, 0.1) is 5.92 Å². The van der Waals surface area contributed by atoms with Crippen molar-refractivity contribution < 1.29 is 4.43 Å². The molecule has 4 nitrogen and oxygen atoms in total. The fraction of sp³-hybridized carbons (Fsp3) is 0.455. The molecule has 0 amide bonds. The number of rotatable bonds is 6. The fourth-order valence-electron chi connectivity index (χ4n) is 4.38. The Morgan fingerprint density at radius 2 is 1.56 bits per heavy atom. The van der Waals surface area contributed by atoms with Crippen molar-refractivity contribution in [2.24, 2.45) is 11.0 Å². The third-order valence-corrected chi connectivity index (χ3v) is 10.7. The molecular formula is C22H29N3OSi. The fourth-order valence-corrected chi connectivity index (χ4v) is 9.02. The Kier molecular flexibility index (Phi) is 6.05. The van der Waals surface area contributed by atoms with Gasteiger partial charge in [-0.1, -0.05) is 86.5 Å². The maximum atomic E-state index is 8.71. The van der Waals surface area contributed by atoms with Crippen molar-refractivity contribution in [2.75, 3.05) is 6.61 Å². The first-order chi connectivity index (χ1) is 13.0. The lowest BCUT2D eigenvalue weighted by atomic mass is 10.1. The summed E-state index contributed by atoms with van der Waals surface area (Å²) in [5, 5.41) is 6.54. The van der Waals surface area contributed by atoms with Crippen LogP contribution in [0.3, 0.4) is 0 Å². The zero-order valence-electron chi connectivity index (χ0n) is 16.5. The highest BCUT2D eigenvalue weighted by Gasteiger charge is 2.50. The predicted molar refractivity (Wildman–Crippen MR) is 114 cm³/mol. The van der Waals surface area contributed by atoms with Crippen molar-refractivity contribution in [2.45, 2.75) is 51.1 Å². The minimum atomic E-state index is -2.46. The lowest BCUT2D eigenvalue weighted by Gasteiger charge is -2.43. The van der Waals surface area contributed by atoms with Crippen molar-refractivity contribution in [3.63, 3.8) is 0 Å². The Balaban J connectivity index is 1.96. The molecule has 2 atom stereocenters. The second-order valence-electron chi connectivity index (χ2n) is 8.51. The molecule has 1 saturated carbocycles. The van der Waals surface area contributed by atoms with Crippen molar-refractivity contribution >= 4 is 18.7 Å². The maximum Gasteiger partial charge on any atom is 0.261 e. The van der Waals surface area contributed by atoms with Gasteiger partial charge in [0.15, 0.2) is 0 Å². The third-order valence-electron chi connectivity index (χ3n) is 5.68. The van der Waals surface area contributed by atoms with Gasteiger partial charge in [-0.15, -0.1) is 0 Å². The predicted octanol–water partition coefficient (Wildman–Crippen LogP) is 5.04. The third kappa shape index (κ3) is 4.11. The summed E-state index contributed by atoms with van der Waals surface area (Å²) in [6, 6.07) is 21.6. The highest BCUT2D eigenvalue weighted by atomic mass is 28.4. The van der Waals surface area contributed by atoms with Gasteiger partial charge in [-0.3, -0.25) is 0 Å². The van der Waals surface area contributed by atoms with E-state index < -0.39 is 8.32 Å². The second kappa shape index (κ2) is 8.30. The van der Waals surface area contributed by atoms with Crippen molar-refractivity contribution in [3.8, 4) is 0 Å². The van der Waals surface area contributed by atoms with Crippen LogP contribution in [0.1, 0.15) is 40.0 Å². The first-order valence-electron chi connectivity index (χ1n) is 9.76. The van der Waals surface area contributed by atoms with Crippen LogP contribution in [-0.2, 0) is 4.43 Å². The van der Waals surface area contributed by atoms with Gasteiger partial charge >= 0.3 is 0 Å². The van der Waals surface area contributed by atoms with Gasteiger partial charge in [-0.2, -0.15) is 0 Å². The van der Waals surface area contributed by atoms with Gasteiger partial charge in [-0.25, -0.2) is 0 Å². The summed E-state index contributed by atoms with van der Waals surface area (Å²) in [7, 11) is -2.46. The van der Waals surface area contributed by atoms with Gasteiger partial charge in [0.2, 0.25) is 0 Å². The van der Waals surface area contributed by atoms with Gasteiger partial charge in [0.25, 0.3) is 8.32 Å². The van der Waals surface area contributed by atoms with E-state index in [0.717, 1.165) is 25.9 Å². The minimum absolute atomic E-state index is 0.00147. The summed E-state index contributed by atoms with van der Waals surface area (Å²) >= 11 is 0. The summed E-state index contributed by atoms with van der Waals surface area (Å²) in [6.07, 6.45) is 2.98. The lowest BCUT2D eigenvalue weighted by molar-refractivity contribution is 0.236. The molecule has 2 aromatic rings. The molecule has 0 aliphatic heterocycles. The first kappa shape index (κ1) is 19.7. The number of nitrogens with zero attached hydrogens (tertiary/aromatic N) is 3. The normalized spacial score (nSPS) is 20.3. The summed E-state index contributed by atoms with van der Waals surface area (Å²) in [5.74, 6) is 0.460. The largest absolute Gasteiger partial charge is 0.407 e. The SMILES string of the molecule is CC(C)(C)[Si](OC[C@@H]1CCC(N=[N+]=[N-])C1)(c1ccccc1)c1ccccc1. The molecule has 0 N–H and O–H groups in total. The molecule has 0 heterocycles. The zero-order chi connectivity index (χ0) is 19.3. The Bertz CT molecular complexity index is 743. The highest BCUT2D eigenvalue weighted by molar-refractivity contribution is 6.99. The smallest absolute Gasteiger partial charge is 0.261 e. The van der Waals surface area contributed by atoms with Crippen molar-refractivity contribution in [1.29, 1.82) is 0 Å². The molecule has 2 aromatic carbocycles. The Morgan fingerprint density at radius 1 is 1.00 bits per heavy atom. The van der Waals surface area contributed by atoms with Crippen LogP contribution >= 0.6 is 0 Å². The van der Waals surface area contributed by atoms with Crippen LogP contribution in [0.5, 0.6) is 0 Å². The number of hydrogen-bond acceptors (Lipinski definition) is 2.